The van der Waals surface area contributed by atoms with Gasteiger partial charge in [-0.1, -0.05) is 0 Å². The number of alkyl halides is 3. The number of hydrogen-bond acceptors (Lipinski definition) is 2. The minimum Gasteiger partial charge on any atom is -0.372 e. The molecule has 17 heavy (non-hydrogen) atoms. The first kappa shape index (κ1) is 16.8. The van der Waals surface area contributed by atoms with Gasteiger partial charge in [-0.25, -0.2) is 0 Å². The van der Waals surface area contributed by atoms with Crippen molar-refractivity contribution in [1.29, 1.82) is 0 Å². The molecule has 1 aliphatic rings. The molecule has 0 aromatic carbocycles. The second kappa shape index (κ2) is 7.96. The zero-order chi connectivity index (χ0) is 12.0. The normalized spacial score (nSPS) is 16.5. The van der Waals surface area contributed by atoms with Gasteiger partial charge < -0.3 is 15.8 Å². The number of nitrogens with two attached hydrogens (primary N) is 1. The molecule has 0 aliphatic heterocycles. The van der Waals surface area contributed by atoms with Crippen LogP contribution < -0.4 is 11.1 Å². The molecular weight excluding hydrogens is 350 g/mol. The van der Waals surface area contributed by atoms with E-state index in [1.165, 1.54) is 0 Å². The van der Waals surface area contributed by atoms with Crippen molar-refractivity contribution in [2.45, 2.75) is 31.5 Å². The summed E-state index contributed by atoms with van der Waals surface area (Å²) in [4.78, 5) is 3.96. The van der Waals surface area contributed by atoms with Crippen LogP contribution in [0, 0.1) is 0 Å². The van der Waals surface area contributed by atoms with Crippen LogP contribution in [0.4, 0.5) is 13.2 Å². The van der Waals surface area contributed by atoms with Crippen molar-refractivity contribution in [3.8, 4) is 0 Å². The maximum absolute atomic E-state index is 11.7. The second-order valence-electron chi connectivity index (χ2n) is 3.71. The first-order chi connectivity index (χ1) is 7.47. The average molecular weight is 367 g/mol. The number of halogens is 4. The van der Waals surface area contributed by atoms with E-state index in [9.17, 15) is 13.2 Å². The molecule has 1 fully saturated rings. The number of ether oxygens (including phenoxy) is 1. The summed E-state index contributed by atoms with van der Waals surface area (Å²) in [5, 5.41) is 2.98. The maximum atomic E-state index is 11.7. The average Bonchev–Trinajstić information content (AvgIpc) is 2.93. The molecule has 4 nitrogen and oxygen atoms in total. The monoisotopic (exact) mass is 367 g/mol. The van der Waals surface area contributed by atoms with Crippen molar-refractivity contribution in [1.82, 2.24) is 5.32 Å². The zero-order valence-corrected chi connectivity index (χ0v) is 11.6. The van der Waals surface area contributed by atoms with Crippen molar-refractivity contribution in [2.75, 3.05) is 19.8 Å². The predicted octanol–water partition coefficient (Wildman–Crippen LogP) is 1.64. The third-order valence-electron chi connectivity index (χ3n) is 1.92. The van der Waals surface area contributed by atoms with Crippen molar-refractivity contribution < 1.29 is 17.9 Å². The predicted molar refractivity (Wildman–Crippen MR) is 69.6 cm³/mol. The largest absolute Gasteiger partial charge is 0.411 e. The third kappa shape index (κ3) is 10.6. The molecule has 0 bridgehead atoms. The Morgan fingerprint density at radius 3 is 2.59 bits per heavy atom. The molecule has 0 aromatic heterocycles. The van der Waals surface area contributed by atoms with Gasteiger partial charge >= 0.3 is 6.18 Å². The minimum absolute atomic E-state index is 0. The number of nitrogens with one attached hydrogen (secondary N) is 1. The number of nitrogens with zero attached hydrogens (tertiary/aromatic N) is 1. The molecule has 0 unspecified atom stereocenters. The van der Waals surface area contributed by atoms with E-state index in [0.717, 1.165) is 12.8 Å². The van der Waals surface area contributed by atoms with E-state index in [1.807, 2.05) is 0 Å². The van der Waals surface area contributed by atoms with Crippen molar-refractivity contribution >= 4 is 29.9 Å². The third-order valence-corrected chi connectivity index (χ3v) is 1.92. The van der Waals surface area contributed by atoms with Gasteiger partial charge in [-0.15, -0.1) is 24.0 Å². The first-order valence-electron chi connectivity index (χ1n) is 5.18. The second-order valence-corrected chi connectivity index (χ2v) is 3.71. The van der Waals surface area contributed by atoms with E-state index in [1.54, 1.807) is 0 Å². The highest BCUT2D eigenvalue weighted by atomic mass is 127. The SMILES string of the molecule is I.NC(=NCCCOCC(F)(F)F)NC1CC1. The van der Waals surface area contributed by atoms with E-state index < -0.39 is 12.8 Å². The molecule has 8 heteroatoms. The van der Waals surface area contributed by atoms with E-state index >= 15 is 0 Å². The standard InChI is InChI=1S/C9H16F3N3O.HI/c10-9(11,12)6-16-5-1-4-14-8(13)15-7-2-3-7;/h7H,1-6H2,(H3,13,14,15);1H. The molecule has 1 aliphatic carbocycles. The zero-order valence-electron chi connectivity index (χ0n) is 9.29. The number of hydrogen-bond donors (Lipinski definition) is 2. The van der Waals surface area contributed by atoms with Crippen molar-refractivity contribution in [3.05, 3.63) is 0 Å². The van der Waals surface area contributed by atoms with Crippen LogP contribution in [-0.4, -0.2) is 37.9 Å². The Morgan fingerprint density at radius 1 is 1.41 bits per heavy atom. The van der Waals surface area contributed by atoms with Gasteiger partial charge in [-0.05, 0) is 19.3 Å². The Bertz CT molecular complexity index is 244. The molecule has 1 rings (SSSR count). The summed E-state index contributed by atoms with van der Waals surface area (Å²) >= 11 is 0. The molecule has 0 saturated heterocycles. The molecular formula is C9H17F3IN3O. The Labute approximate surface area is 115 Å². The fraction of sp³-hybridized carbons (Fsp3) is 0.889. The Balaban J connectivity index is 0.00000256. The Hall–Kier alpha value is -0.250. The minimum atomic E-state index is -4.25. The van der Waals surface area contributed by atoms with Gasteiger partial charge in [0.2, 0.25) is 0 Å². The lowest BCUT2D eigenvalue weighted by Gasteiger charge is -2.06. The highest BCUT2D eigenvalue weighted by Crippen LogP contribution is 2.18. The summed E-state index contributed by atoms with van der Waals surface area (Å²) in [6.45, 7) is -0.782. The van der Waals surface area contributed by atoms with Gasteiger partial charge in [0, 0.05) is 19.2 Å². The molecule has 0 amide bonds. The summed E-state index contributed by atoms with van der Waals surface area (Å²) < 4.78 is 39.4. The smallest absolute Gasteiger partial charge is 0.372 e. The highest BCUT2D eigenvalue weighted by molar-refractivity contribution is 14.0. The summed E-state index contributed by atoms with van der Waals surface area (Å²) in [7, 11) is 0. The van der Waals surface area contributed by atoms with Crippen molar-refractivity contribution in [3.63, 3.8) is 0 Å². The summed E-state index contributed by atoms with van der Waals surface area (Å²) in [5.41, 5.74) is 5.52. The summed E-state index contributed by atoms with van der Waals surface area (Å²) in [5.74, 6) is 0.360. The van der Waals surface area contributed by atoms with Crippen molar-refractivity contribution in [2.24, 2.45) is 10.7 Å². The van der Waals surface area contributed by atoms with Gasteiger partial charge in [-0.2, -0.15) is 13.2 Å². The highest BCUT2D eigenvalue weighted by Gasteiger charge is 2.27. The molecule has 0 radical (unpaired) electrons. The van der Waals surface area contributed by atoms with Gasteiger partial charge in [0.25, 0.3) is 0 Å². The van der Waals surface area contributed by atoms with Crippen LogP contribution >= 0.6 is 24.0 Å². The van der Waals surface area contributed by atoms with Crippen LogP contribution in [0.2, 0.25) is 0 Å². The quantitative estimate of drug-likeness (QED) is 0.325. The van der Waals surface area contributed by atoms with Crippen LogP contribution in [-0.2, 0) is 4.74 Å². The molecule has 0 spiro atoms. The molecule has 102 valence electrons. The lowest BCUT2D eigenvalue weighted by molar-refractivity contribution is -0.173. The first-order valence-corrected chi connectivity index (χ1v) is 5.18. The lowest BCUT2D eigenvalue weighted by atomic mass is 10.4. The summed E-state index contributed by atoms with van der Waals surface area (Å²) in [6, 6.07) is 0.435. The van der Waals surface area contributed by atoms with Crippen LogP contribution in [0.3, 0.4) is 0 Å². The van der Waals surface area contributed by atoms with Gasteiger partial charge in [0.1, 0.15) is 6.61 Å². The van der Waals surface area contributed by atoms with Crippen LogP contribution in [0.5, 0.6) is 0 Å². The summed E-state index contributed by atoms with van der Waals surface area (Å²) in [6.07, 6.45) is -1.62. The molecule has 0 heterocycles. The van der Waals surface area contributed by atoms with Gasteiger partial charge in [0.05, 0.1) is 0 Å². The molecule has 0 aromatic rings. The maximum Gasteiger partial charge on any atom is 0.411 e. The molecule has 1 saturated carbocycles. The van der Waals surface area contributed by atoms with Crippen LogP contribution in [0.25, 0.3) is 0 Å². The lowest BCUT2D eigenvalue weighted by Crippen LogP contribution is -2.33. The van der Waals surface area contributed by atoms with E-state index in [4.69, 9.17) is 5.73 Å². The number of rotatable bonds is 6. The Morgan fingerprint density at radius 2 is 2.06 bits per heavy atom. The number of guanidine groups is 1. The van der Waals surface area contributed by atoms with Gasteiger partial charge in [0.15, 0.2) is 5.96 Å². The van der Waals surface area contributed by atoms with E-state index in [0.29, 0.717) is 25.0 Å². The van der Waals surface area contributed by atoms with Crippen LogP contribution in [0.15, 0.2) is 4.99 Å². The molecule has 3 N–H and O–H groups in total. The molecule has 0 atom stereocenters. The van der Waals surface area contributed by atoms with Gasteiger partial charge in [-0.3, -0.25) is 4.99 Å². The van der Waals surface area contributed by atoms with E-state index in [-0.39, 0.29) is 30.6 Å². The topological polar surface area (TPSA) is 59.6 Å². The fourth-order valence-corrected chi connectivity index (χ4v) is 1.04. The number of aliphatic imine (C=N–C) groups is 1. The van der Waals surface area contributed by atoms with E-state index in [2.05, 4.69) is 15.0 Å². The fourth-order valence-electron chi connectivity index (χ4n) is 1.04. The van der Waals surface area contributed by atoms with Crippen LogP contribution in [0.1, 0.15) is 19.3 Å². The Kier molecular flexibility index (Phi) is 7.84.